The van der Waals surface area contributed by atoms with Crippen LogP contribution >= 0.6 is 0 Å². The van der Waals surface area contributed by atoms with Crippen molar-refractivity contribution in [3.63, 3.8) is 0 Å². The second-order valence-corrected chi connectivity index (χ2v) is 12.9. The molecule has 0 aromatic heterocycles. The van der Waals surface area contributed by atoms with Crippen LogP contribution in [-0.2, 0) is 18.7 Å². The van der Waals surface area contributed by atoms with Crippen molar-refractivity contribution in [2.75, 3.05) is 33.5 Å². The van der Waals surface area contributed by atoms with E-state index in [-0.39, 0.29) is 19.8 Å². The summed E-state index contributed by atoms with van der Waals surface area (Å²) in [5, 5.41) is 9.73. The van der Waals surface area contributed by atoms with Crippen LogP contribution < -0.4 is 0 Å². The summed E-state index contributed by atoms with van der Waals surface area (Å²) in [6.45, 7) is 15.3. The molecule has 138 valence electrons. The second kappa shape index (κ2) is 9.76. The lowest BCUT2D eigenvalue weighted by molar-refractivity contribution is -0.161. The Morgan fingerprint density at radius 1 is 1.04 bits per heavy atom. The second-order valence-electron chi connectivity index (χ2n) is 7.45. The van der Waals surface area contributed by atoms with E-state index < -0.39 is 19.7 Å². The van der Waals surface area contributed by atoms with Gasteiger partial charge in [-0.25, -0.2) is 0 Å². The molecule has 0 spiro atoms. The van der Waals surface area contributed by atoms with Crippen molar-refractivity contribution in [1.82, 2.24) is 0 Å². The highest BCUT2D eigenvalue weighted by molar-refractivity contribution is 6.77. The summed E-state index contributed by atoms with van der Waals surface area (Å²) >= 11 is 0. The molecule has 0 fully saturated rings. The third-order valence-electron chi connectivity index (χ3n) is 4.71. The Hall–Kier alpha value is -0.433. The highest BCUT2D eigenvalue weighted by Crippen LogP contribution is 2.43. The van der Waals surface area contributed by atoms with Gasteiger partial charge in [0, 0.05) is 7.11 Å². The maximum Gasteiger partial charge on any atom is 0.316 e. The number of methoxy groups -OCH3 is 1. The molecule has 0 aliphatic carbocycles. The number of aliphatic hydroxyl groups excluding tert-OH is 1. The van der Waals surface area contributed by atoms with Crippen LogP contribution in [0.4, 0.5) is 0 Å². The summed E-state index contributed by atoms with van der Waals surface area (Å²) in [4.78, 5) is 12.3. The summed E-state index contributed by atoms with van der Waals surface area (Å²) < 4.78 is 16.5. The van der Waals surface area contributed by atoms with E-state index in [9.17, 15) is 9.90 Å². The summed E-state index contributed by atoms with van der Waals surface area (Å²) in [7, 11) is -0.530. The van der Waals surface area contributed by atoms with Crippen LogP contribution in [0.15, 0.2) is 0 Å². The van der Waals surface area contributed by atoms with Crippen molar-refractivity contribution in [2.45, 2.75) is 65.1 Å². The van der Waals surface area contributed by atoms with Crippen molar-refractivity contribution in [2.24, 2.45) is 5.41 Å². The number of carbonyl (C=O) groups is 1. The Morgan fingerprint density at radius 2 is 1.52 bits per heavy atom. The molecule has 5 nitrogen and oxygen atoms in total. The van der Waals surface area contributed by atoms with Crippen LogP contribution in [0.5, 0.6) is 0 Å². The smallest absolute Gasteiger partial charge is 0.316 e. The van der Waals surface area contributed by atoms with Crippen molar-refractivity contribution < 1.29 is 23.8 Å². The molecule has 0 saturated carbocycles. The van der Waals surface area contributed by atoms with E-state index in [1.54, 1.807) is 14.0 Å². The quantitative estimate of drug-likeness (QED) is 0.352. The van der Waals surface area contributed by atoms with Gasteiger partial charge in [0.15, 0.2) is 8.32 Å². The van der Waals surface area contributed by atoms with E-state index in [2.05, 4.69) is 41.5 Å². The van der Waals surface area contributed by atoms with Gasteiger partial charge in [-0.05, 0) is 23.5 Å². The average Bonchev–Trinajstić information content (AvgIpc) is 2.46. The Bertz CT molecular complexity index is 335. The molecule has 0 amide bonds. The molecule has 0 aromatic rings. The molecular formula is C17H36O5Si. The molecule has 1 unspecified atom stereocenters. The van der Waals surface area contributed by atoms with Gasteiger partial charge in [0.05, 0.1) is 19.8 Å². The van der Waals surface area contributed by atoms with Crippen molar-refractivity contribution in [3.05, 3.63) is 0 Å². The van der Waals surface area contributed by atoms with Gasteiger partial charge in [-0.3, -0.25) is 4.79 Å². The summed E-state index contributed by atoms with van der Waals surface area (Å²) in [6.07, 6.45) is 0. The fraction of sp³-hybridized carbons (Fsp3) is 0.941. The Morgan fingerprint density at radius 3 is 1.87 bits per heavy atom. The third-order valence-corrected chi connectivity index (χ3v) is 10.8. The third kappa shape index (κ3) is 5.55. The zero-order valence-electron chi connectivity index (χ0n) is 16.1. The van der Waals surface area contributed by atoms with Gasteiger partial charge in [-0.2, -0.15) is 0 Å². The van der Waals surface area contributed by atoms with Gasteiger partial charge in [0.25, 0.3) is 0 Å². The average molecular weight is 349 g/mol. The first-order chi connectivity index (χ1) is 10.6. The summed E-state index contributed by atoms with van der Waals surface area (Å²) in [5.74, 6) is -0.434. The zero-order chi connectivity index (χ0) is 18.3. The Kier molecular flexibility index (Phi) is 9.58. The fourth-order valence-corrected chi connectivity index (χ4v) is 8.91. The van der Waals surface area contributed by atoms with Gasteiger partial charge in [-0.15, -0.1) is 0 Å². The number of aliphatic hydroxyl groups is 1. The number of rotatable bonds is 11. The predicted octanol–water partition coefficient (Wildman–Crippen LogP) is 3.37. The molecule has 0 bridgehead atoms. The van der Waals surface area contributed by atoms with Gasteiger partial charge in [-0.1, -0.05) is 41.5 Å². The summed E-state index contributed by atoms with van der Waals surface area (Å²) in [5.41, 5.74) is 0.241. The Labute approximate surface area is 142 Å². The monoisotopic (exact) mass is 348 g/mol. The minimum Gasteiger partial charge on any atom is -0.463 e. The molecule has 0 rings (SSSR count). The molecule has 1 atom stereocenters. The van der Waals surface area contributed by atoms with E-state index in [1.165, 1.54) is 0 Å². The van der Waals surface area contributed by atoms with Gasteiger partial charge < -0.3 is 19.0 Å². The SMILES string of the molecule is COCCOC(=O)C(C)(CO)CO[Si](C(C)C)(C(C)C)C(C)C. The van der Waals surface area contributed by atoms with E-state index >= 15 is 0 Å². The molecule has 0 heterocycles. The zero-order valence-corrected chi connectivity index (χ0v) is 17.1. The lowest BCUT2D eigenvalue weighted by atomic mass is 9.93. The molecule has 1 N–H and O–H groups in total. The highest BCUT2D eigenvalue weighted by Gasteiger charge is 2.47. The molecule has 0 aromatic carbocycles. The number of hydrogen-bond donors (Lipinski definition) is 1. The van der Waals surface area contributed by atoms with E-state index in [0.717, 1.165) is 0 Å². The maximum atomic E-state index is 12.3. The predicted molar refractivity (Wildman–Crippen MR) is 95.0 cm³/mol. The fourth-order valence-electron chi connectivity index (χ4n) is 3.35. The minimum absolute atomic E-state index is 0.187. The first kappa shape index (κ1) is 22.6. The number of carbonyl (C=O) groups excluding carboxylic acids is 1. The van der Waals surface area contributed by atoms with Crippen LogP contribution in [0, 0.1) is 5.41 Å². The van der Waals surface area contributed by atoms with Gasteiger partial charge in [0.2, 0.25) is 0 Å². The van der Waals surface area contributed by atoms with Crippen molar-refractivity contribution in [3.8, 4) is 0 Å². The lowest BCUT2D eigenvalue weighted by Crippen LogP contribution is -2.51. The van der Waals surface area contributed by atoms with Crippen LogP contribution in [0.3, 0.4) is 0 Å². The number of hydrogen-bond acceptors (Lipinski definition) is 5. The first-order valence-electron chi connectivity index (χ1n) is 8.49. The molecule has 0 saturated heterocycles. The van der Waals surface area contributed by atoms with E-state index in [1.807, 2.05) is 0 Å². The van der Waals surface area contributed by atoms with Gasteiger partial charge >= 0.3 is 5.97 Å². The van der Waals surface area contributed by atoms with Crippen molar-refractivity contribution >= 4 is 14.3 Å². The first-order valence-corrected chi connectivity index (χ1v) is 10.6. The lowest BCUT2D eigenvalue weighted by Gasteiger charge is -2.44. The molecular weight excluding hydrogens is 312 g/mol. The normalized spacial score (nSPS) is 15.3. The standard InChI is InChI=1S/C17H36O5Si/c1-13(2)23(14(3)4,15(5)6)22-12-17(7,11-18)16(19)21-10-9-20-8/h13-15,18H,9-12H2,1-8H3. The molecule has 23 heavy (non-hydrogen) atoms. The van der Waals surface area contributed by atoms with Crippen LogP contribution in [0.1, 0.15) is 48.5 Å². The minimum atomic E-state index is -2.08. The van der Waals surface area contributed by atoms with Crippen LogP contribution in [0.25, 0.3) is 0 Å². The Balaban J connectivity index is 5.12. The molecule has 0 radical (unpaired) electrons. The molecule has 0 aliphatic rings. The van der Waals surface area contributed by atoms with Crippen molar-refractivity contribution in [1.29, 1.82) is 0 Å². The van der Waals surface area contributed by atoms with E-state index in [0.29, 0.717) is 23.2 Å². The number of ether oxygens (including phenoxy) is 2. The van der Waals surface area contributed by atoms with Crippen LogP contribution in [0.2, 0.25) is 16.6 Å². The van der Waals surface area contributed by atoms with Crippen LogP contribution in [-0.4, -0.2) is 52.9 Å². The molecule has 0 aliphatic heterocycles. The number of esters is 1. The highest BCUT2D eigenvalue weighted by atomic mass is 28.4. The van der Waals surface area contributed by atoms with E-state index in [4.69, 9.17) is 13.9 Å². The summed E-state index contributed by atoms with van der Waals surface area (Å²) in [6, 6.07) is 0. The van der Waals surface area contributed by atoms with Gasteiger partial charge in [0.1, 0.15) is 12.0 Å². The maximum absolute atomic E-state index is 12.3. The molecule has 6 heteroatoms. The topological polar surface area (TPSA) is 65.0 Å². The largest absolute Gasteiger partial charge is 0.463 e.